The van der Waals surface area contributed by atoms with Gasteiger partial charge in [-0.05, 0) is 115 Å². The number of fused-ring (bicyclic) bond motifs is 1. The molecule has 9 heteroatoms. The summed E-state index contributed by atoms with van der Waals surface area (Å²) in [4.78, 5) is 15.8. The Morgan fingerprint density at radius 3 is 2.00 bits per heavy atom. The van der Waals surface area contributed by atoms with E-state index < -0.39 is 16.1 Å². The van der Waals surface area contributed by atoms with Crippen molar-refractivity contribution in [2.24, 2.45) is 0 Å². The molecule has 0 radical (unpaired) electrons. The third-order valence-electron chi connectivity index (χ3n) is 9.54. The molecular formula is C37H39ClN2O5S. The molecule has 7 nitrogen and oxygen atoms in total. The van der Waals surface area contributed by atoms with Gasteiger partial charge in [0.25, 0.3) is 0 Å². The van der Waals surface area contributed by atoms with Gasteiger partial charge in [-0.1, -0.05) is 48.0 Å². The molecule has 4 aromatic rings. The highest BCUT2D eigenvalue weighted by atomic mass is 35.5. The van der Waals surface area contributed by atoms with Crippen molar-refractivity contribution in [2.45, 2.75) is 74.5 Å². The molecule has 1 aliphatic carbocycles. The fraction of sp³-hybridized carbons (Fsp3) is 0.378. The van der Waals surface area contributed by atoms with Crippen molar-refractivity contribution < 1.29 is 22.7 Å². The Morgan fingerprint density at radius 1 is 0.674 bits per heavy atom. The molecule has 0 spiro atoms. The maximum atomic E-state index is 14.2. The third kappa shape index (κ3) is 6.61. The first-order valence-corrected chi connectivity index (χ1v) is 18.2. The Kier molecular flexibility index (Phi) is 8.95. The number of hydrogen-bond acceptors (Lipinski definition) is 5. The Balaban J connectivity index is 1.10. The summed E-state index contributed by atoms with van der Waals surface area (Å²) in [6.07, 6.45) is 7.15. The number of halogens is 1. The van der Waals surface area contributed by atoms with Gasteiger partial charge in [0.1, 0.15) is 23.6 Å². The van der Waals surface area contributed by atoms with Crippen LogP contribution in [-0.4, -0.2) is 61.4 Å². The van der Waals surface area contributed by atoms with Crippen LogP contribution in [0.25, 0.3) is 21.9 Å². The standard InChI is InChI=1S/C37H39ClN2O5S/c38-30-13-7-26(8-14-30)27-9-15-32(16-10-27)45-34-19-22-40(36(25-34)37(41)39-20-3-4-21-39)46(42,43)35-18-12-28-23-33(17-11-29(28)24-35)44-31-5-1-2-6-31/h7-18,23-24,31,34,36H,1-6,19-22,25H2/t34-,36-/m0/s1. The van der Waals surface area contributed by atoms with Crippen molar-refractivity contribution in [2.75, 3.05) is 19.6 Å². The predicted octanol–water partition coefficient (Wildman–Crippen LogP) is 7.70. The summed E-state index contributed by atoms with van der Waals surface area (Å²) in [6, 6.07) is 25.7. The van der Waals surface area contributed by atoms with Crippen molar-refractivity contribution in [3.05, 3.63) is 90.0 Å². The number of piperidine rings is 1. The lowest BCUT2D eigenvalue weighted by atomic mass is 10.0. The van der Waals surface area contributed by atoms with Crippen molar-refractivity contribution in [3.63, 3.8) is 0 Å². The van der Waals surface area contributed by atoms with E-state index in [1.54, 1.807) is 12.1 Å². The van der Waals surface area contributed by atoms with E-state index in [0.29, 0.717) is 36.7 Å². The van der Waals surface area contributed by atoms with Gasteiger partial charge in [0.15, 0.2) is 0 Å². The molecule has 1 amide bonds. The van der Waals surface area contributed by atoms with Gasteiger partial charge in [-0.15, -0.1) is 0 Å². The van der Waals surface area contributed by atoms with Gasteiger partial charge >= 0.3 is 0 Å². The zero-order valence-corrected chi connectivity index (χ0v) is 27.4. The Morgan fingerprint density at radius 2 is 1.28 bits per heavy atom. The van der Waals surface area contributed by atoms with Crippen LogP contribution in [0.15, 0.2) is 89.8 Å². The van der Waals surface area contributed by atoms with Crippen molar-refractivity contribution in [3.8, 4) is 22.6 Å². The first-order chi connectivity index (χ1) is 22.3. The molecule has 7 rings (SSSR count). The average molecular weight is 659 g/mol. The summed E-state index contributed by atoms with van der Waals surface area (Å²) in [6.45, 7) is 1.51. The first kappa shape index (κ1) is 31.0. The topological polar surface area (TPSA) is 76.1 Å². The number of benzene rings is 4. The molecule has 46 heavy (non-hydrogen) atoms. The summed E-state index contributed by atoms with van der Waals surface area (Å²) >= 11 is 6.04. The lowest BCUT2D eigenvalue weighted by molar-refractivity contribution is -0.136. The SMILES string of the molecule is O=C([C@@H]1C[C@@H](Oc2ccc(-c3ccc(Cl)cc3)cc2)CCN1S(=O)(=O)c1ccc2cc(OC3CCCC3)ccc2c1)N1CCCC1. The van der Waals surface area contributed by atoms with Gasteiger partial charge < -0.3 is 14.4 Å². The molecule has 3 fully saturated rings. The van der Waals surface area contributed by atoms with Crippen LogP contribution in [0.1, 0.15) is 51.4 Å². The molecular weight excluding hydrogens is 620 g/mol. The van der Waals surface area contributed by atoms with Crippen LogP contribution in [-0.2, 0) is 14.8 Å². The minimum atomic E-state index is -3.95. The van der Waals surface area contributed by atoms with E-state index >= 15 is 0 Å². The van der Waals surface area contributed by atoms with Crippen LogP contribution in [0.3, 0.4) is 0 Å². The highest BCUT2D eigenvalue weighted by Crippen LogP contribution is 2.33. The highest BCUT2D eigenvalue weighted by Gasteiger charge is 2.43. The van der Waals surface area contributed by atoms with Gasteiger partial charge in [-0.25, -0.2) is 8.42 Å². The number of rotatable bonds is 8. The number of hydrogen-bond donors (Lipinski definition) is 0. The normalized spacial score (nSPS) is 21.1. The minimum absolute atomic E-state index is 0.137. The molecule has 3 aliphatic rings. The predicted molar refractivity (Wildman–Crippen MR) is 181 cm³/mol. The lowest BCUT2D eigenvalue weighted by Gasteiger charge is -2.39. The minimum Gasteiger partial charge on any atom is -0.490 e. The first-order valence-electron chi connectivity index (χ1n) is 16.4. The van der Waals surface area contributed by atoms with Crippen molar-refractivity contribution in [1.29, 1.82) is 0 Å². The van der Waals surface area contributed by atoms with Crippen molar-refractivity contribution in [1.82, 2.24) is 9.21 Å². The number of carbonyl (C=O) groups excluding carboxylic acids is 1. The lowest BCUT2D eigenvalue weighted by Crippen LogP contribution is -2.55. The Bertz CT molecular complexity index is 1800. The maximum Gasteiger partial charge on any atom is 0.243 e. The van der Waals surface area contributed by atoms with Crippen LogP contribution < -0.4 is 9.47 Å². The number of ether oxygens (including phenoxy) is 2. The zero-order valence-electron chi connectivity index (χ0n) is 25.8. The molecule has 2 atom stereocenters. The fourth-order valence-corrected chi connectivity index (χ4v) is 8.78. The average Bonchev–Trinajstić information content (AvgIpc) is 3.80. The summed E-state index contributed by atoms with van der Waals surface area (Å²) in [5, 5.41) is 2.44. The highest BCUT2D eigenvalue weighted by molar-refractivity contribution is 7.89. The van der Waals surface area contributed by atoms with E-state index in [4.69, 9.17) is 21.1 Å². The van der Waals surface area contributed by atoms with E-state index in [1.807, 2.05) is 77.7 Å². The molecule has 0 bridgehead atoms. The molecule has 0 aromatic heterocycles. The number of amides is 1. The van der Waals surface area contributed by atoms with Crippen LogP contribution in [0.5, 0.6) is 11.5 Å². The molecule has 0 N–H and O–H groups in total. The van der Waals surface area contributed by atoms with Crippen LogP contribution in [0.2, 0.25) is 5.02 Å². The quantitative estimate of drug-likeness (QED) is 0.194. The molecule has 4 aromatic carbocycles. The van der Waals surface area contributed by atoms with Gasteiger partial charge in [0.05, 0.1) is 11.0 Å². The number of nitrogens with zero attached hydrogens (tertiary/aromatic N) is 2. The van der Waals surface area contributed by atoms with Crippen LogP contribution in [0.4, 0.5) is 0 Å². The second-order valence-electron chi connectivity index (χ2n) is 12.7. The number of carbonyl (C=O) groups is 1. The number of likely N-dealkylation sites (tertiary alicyclic amines) is 1. The fourth-order valence-electron chi connectivity index (χ4n) is 7.01. The molecule has 2 heterocycles. The van der Waals surface area contributed by atoms with E-state index in [0.717, 1.165) is 53.3 Å². The summed E-state index contributed by atoms with van der Waals surface area (Å²) in [5.41, 5.74) is 2.09. The summed E-state index contributed by atoms with van der Waals surface area (Å²) in [5.74, 6) is 1.37. The monoisotopic (exact) mass is 658 g/mol. The van der Waals surface area contributed by atoms with E-state index in [1.165, 1.54) is 17.1 Å². The van der Waals surface area contributed by atoms with Gasteiger partial charge in [-0.3, -0.25) is 4.79 Å². The molecule has 2 aliphatic heterocycles. The van der Waals surface area contributed by atoms with E-state index in [9.17, 15) is 13.2 Å². The molecule has 0 unspecified atom stereocenters. The Hall–Kier alpha value is -3.59. The zero-order chi connectivity index (χ0) is 31.7. The van der Waals surface area contributed by atoms with E-state index in [-0.39, 0.29) is 29.6 Å². The third-order valence-corrected chi connectivity index (χ3v) is 11.7. The Labute approximate surface area is 276 Å². The number of sulfonamides is 1. The van der Waals surface area contributed by atoms with Gasteiger partial charge in [0, 0.05) is 31.1 Å². The van der Waals surface area contributed by atoms with Crippen LogP contribution >= 0.6 is 11.6 Å². The maximum absolute atomic E-state index is 14.2. The molecule has 2 saturated heterocycles. The summed E-state index contributed by atoms with van der Waals surface area (Å²) < 4.78 is 42.3. The largest absolute Gasteiger partial charge is 0.490 e. The second kappa shape index (κ2) is 13.3. The van der Waals surface area contributed by atoms with Gasteiger partial charge in [-0.2, -0.15) is 4.31 Å². The molecule has 1 saturated carbocycles. The van der Waals surface area contributed by atoms with Crippen LogP contribution in [0, 0.1) is 0 Å². The van der Waals surface area contributed by atoms with Crippen molar-refractivity contribution >= 4 is 38.3 Å². The molecule has 240 valence electrons. The second-order valence-corrected chi connectivity index (χ2v) is 15.0. The summed E-state index contributed by atoms with van der Waals surface area (Å²) in [7, 11) is -3.95. The van der Waals surface area contributed by atoms with E-state index in [2.05, 4.69) is 0 Å². The smallest absolute Gasteiger partial charge is 0.243 e. The van der Waals surface area contributed by atoms with Gasteiger partial charge in [0.2, 0.25) is 15.9 Å².